The molecule has 0 N–H and O–H groups in total. The van der Waals surface area contributed by atoms with Crippen LogP contribution in [-0.2, 0) is 4.74 Å². The van der Waals surface area contributed by atoms with E-state index in [2.05, 4.69) is 15.9 Å². The van der Waals surface area contributed by atoms with Crippen LogP contribution in [-0.4, -0.2) is 18.0 Å². The molecular formula is C13H12BrFO2. The molecule has 2 heterocycles. The van der Waals surface area contributed by atoms with Gasteiger partial charge in [-0.25, -0.2) is 4.39 Å². The Bertz CT molecular complexity index is 474. The normalized spacial score (nSPS) is 30.8. The fourth-order valence-corrected chi connectivity index (χ4v) is 3.17. The summed E-state index contributed by atoms with van der Waals surface area (Å²) in [4.78, 5) is 12.3. The van der Waals surface area contributed by atoms with E-state index in [9.17, 15) is 9.18 Å². The van der Waals surface area contributed by atoms with Crippen molar-refractivity contribution >= 4 is 21.7 Å². The molecule has 3 rings (SSSR count). The molecule has 3 unspecified atom stereocenters. The van der Waals surface area contributed by atoms with Crippen LogP contribution in [0.5, 0.6) is 0 Å². The Labute approximate surface area is 107 Å². The minimum absolute atomic E-state index is 0.00545. The topological polar surface area (TPSA) is 26.3 Å². The number of ketones is 1. The highest BCUT2D eigenvalue weighted by Crippen LogP contribution is 2.40. The van der Waals surface area contributed by atoms with Gasteiger partial charge in [-0.3, -0.25) is 4.79 Å². The summed E-state index contributed by atoms with van der Waals surface area (Å²) in [5.74, 6) is -0.728. The van der Waals surface area contributed by atoms with Gasteiger partial charge in [0.25, 0.3) is 0 Å². The van der Waals surface area contributed by atoms with Gasteiger partial charge < -0.3 is 4.74 Å². The standard InChI is InChI=1S/C13H12BrFO2/c14-10-3-1-2-8(12(10)15)13(16)9-6-7-4-5-11(9)17-7/h1-3,7,9,11H,4-6H2. The van der Waals surface area contributed by atoms with Gasteiger partial charge in [-0.05, 0) is 47.3 Å². The lowest BCUT2D eigenvalue weighted by atomic mass is 9.83. The molecule has 0 amide bonds. The molecule has 0 radical (unpaired) electrons. The monoisotopic (exact) mass is 298 g/mol. The molecule has 2 aliphatic heterocycles. The molecule has 1 aromatic carbocycles. The quantitative estimate of drug-likeness (QED) is 0.783. The van der Waals surface area contributed by atoms with Crippen LogP contribution < -0.4 is 0 Å². The molecule has 2 nitrogen and oxygen atoms in total. The molecule has 2 fully saturated rings. The number of ether oxygens (including phenoxy) is 1. The molecule has 2 bridgehead atoms. The third kappa shape index (κ3) is 1.83. The number of carbonyl (C=O) groups excluding carboxylic acids is 1. The molecule has 17 heavy (non-hydrogen) atoms. The first-order valence-electron chi connectivity index (χ1n) is 5.80. The Kier molecular flexibility index (Phi) is 2.79. The van der Waals surface area contributed by atoms with Gasteiger partial charge in [0.1, 0.15) is 5.82 Å². The van der Waals surface area contributed by atoms with Gasteiger partial charge in [-0.2, -0.15) is 0 Å². The predicted octanol–water partition coefficient (Wildman–Crippen LogP) is 3.34. The van der Waals surface area contributed by atoms with E-state index in [4.69, 9.17) is 4.74 Å². The van der Waals surface area contributed by atoms with Crippen LogP contribution in [0.4, 0.5) is 4.39 Å². The second-order valence-electron chi connectivity index (χ2n) is 4.68. The maximum absolute atomic E-state index is 13.8. The Morgan fingerprint density at radius 3 is 2.88 bits per heavy atom. The van der Waals surface area contributed by atoms with Crippen molar-refractivity contribution in [2.24, 2.45) is 5.92 Å². The molecule has 4 heteroatoms. The number of benzene rings is 1. The van der Waals surface area contributed by atoms with Crippen molar-refractivity contribution in [1.29, 1.82) is 0 Å². The van der Waals surface area contributed by atoms with E-state index in [1.165, 1.54) is 0 Å². The molecule has 3 atom stereocenters. The van der Waals surface area contributed by atoms with Crippen molar-refractivity contribution in [3.05, 3.63) is 34.1 Å². The fraction of sp³-hybridized carbons (Fsp3) is 0.462. The van der Waals surface area contributed by atoms with Crippen LogP contribution in [0.2, 0.25) is 0 Å². The summed E-state index contributed by atoms with van der Waals surface area (Å²) < 4.78 is 19.8. The van der Waals surface area contributed by atoms with Crippen LogP contribution in [0.1, 0.15) is 29.6 Å². The highest BCUT2D eigenvalue weighted by atomic mass is 79.9. The Morgan fingerprint density at radius 2 is 2.24 bits per heavy atom. The van der Waals surface area contributed by atoms with Gasteiger partial charge in [-0.15, -0.1) is 0 Å². The summed E-state index contributed by atoms with van der Waals surface area (Å²) in [6.07, 6.45) is 2.93. The Balaban J connectivity index is 1.89. The summed E-state index contributed by atoms with van der Waals surface area (Å²) in [6, 6.07) is 4.84. The van der Waals surface area contributed by atoms with Gasteiger partial charge >= 0.3 is 0 Å². The van der Waals surface area contributed by atoms with Crippen LogP contribution in [0.15, 0.2) is 22.7 Å². The Hall–Kier alpha value is -0.740. The van der Waals surface area contributed by atoms with E-state index < -0.39 is 5.82 Å². The highest BCUT2D eigenvalue weighted by Gasteiger charge is 2.44. The summed E-state index contributed by atoms with van der Waals surface area (Å²) in [5.41, 5.74) is 0.181. The summed E-state index contributed by atoms with van der Waals surface area (Å²) >= 11 is 3.11. The zero-order valence-electron chi connectivity index (χ0n) is 9.16. The largest absolute Gasteiger partial charge is 0.374 e. The van der Waals surface area contributed by atoms with Crippen LogP contribution in [0.25, 0.3) is 0 Å². The minimum atomic E-state index is -0.458. The third-order valence-corrected chi connectivity index (χ3v) is 4.27. The fourth-order valence-electron chi connectivity index (χ4n) is 2.81. The van der Waals surface area contributed by atoms with E-state index in [1.807, 2.05) is 0 Å². The summed E-state index contributed by atoms with van der Waals surface area (Å²) in [5, 5.41) is 0. The second-order valence-corrected chi connectivity index (χ2v) is 5.54. The first-order chi connectivity index (χ1) is 8.16. The lowest BCUT2D eigenvalue weighted by Gasteiger charge is -2.17. The smallest absolute Gasteiger partial charge is 0.171 e. The lowest BCUT2D eigenvalue weighted by molar-refractivity contribution is 0.0740. The van der Waals surface area contributed by atoms with E-state index in [0.29, 0.717) is 4.47 Å². The number of halogens is 2. The maximum Gasteiger partial charge on any atom is 0.171 e. The molecule has 2 aliphatic rings. The van der Waals surface area contributed by atoms with Crippen LogP contribution >= 0.6 is 15.9 Å². The van der Waals surface area contributed by atoms with Gasteiger partial charge in [0.2, 0.25) is 0 Å². The van der Waals surface area contributed by atoms with Gasteiger partial charge in [0.15, 0.2) is 5.78 Å². The number of hydrogen-bond acceptors (Lipinski definition) is 2. The van der Waals surface area contributed by atoms with Crippen molar-refractivity contribution in [3.8, 4) is 0 Å². The predicted molar refractivity (Wildman–Crippen MR) is 64.4 cm³/mol. The second kappa shape index (κ2) is 4.18. The van der Waals surface area contributed by atoms with E-state index in [-0.39, 0.29) is 29.5 Å². The van der Waals surface area contributed by atoms with Gasteiger partial charge in [0, 0.05) is 0 Å². The van der Waals surface area contributed by atoms with Crippen molar-refractivity contribution in [2.75, 3.05) is 0 Å². The first-order valence-corrected chi connectivity index (χ1v) is 6.60. The number of rotatable bonds is 2. The highest BCUT2D eigenvalue weighted by molar-refractivity contribution is 9.10. The molecule has 1 aromatic rings. The van der Waals surface area contributed by atoms with E-state index in [0.717, 1.165) is 19.3 Å². The lowest BCUT2D eigenvalue weighted by Crippen LogP contribution is -2.26. The maximum atomic E-state index is 13.8. The zero-order chi connectivity index (χ0) is 12.0. The number of carbonyl (C=O) groups is 1. The summed E-state index contributed by atoms with van der Waals surface area (Å²) in [6.45, 7) is 0. The van der Waals surface area contributed by atoms with E-state index >= 15 is 0 Å². The first kappa shape index (κ1) is 11.4. The van der Waals surface area contributed by atoms with Crippen LogP contribution in [0, 0.1) is 11.7 Å². The molecule has 0 saturated carbocycles. The van der Waals surface area contributed by atoms with Gasteiger partial charge in [0.05, 0.1) is 28.2 Å². The molecular weight excluding hydrogens is 287 g/mol. The molecule has 0 spiro atoms. The molecule has 2 saturated heterocycles. The third-order valence-electron chi connectivity index (χ3n) is 3.66. The number of hydrogen-bond donors (Lipinski definition) is 0. The molecule has 0 aliphatic carbocycles. The van der Waals surface area contributed by atoms with Crippen molar-refractivity contribution < 1.29 is 13.9 Å². The Morgan fingerprint density at radius 1 is 1.41 bits per heavy atom. The van der Waals surface area contributed by atoms with Crippen LogP contribution in [0.3, 0.4) is 0 Å². The van der Waals surface area contributed by atoms with Crippen molar-refractivity contribution in [3.63, 3.8) is 0 Å². The molecule has 0 aromatic heterocycles. The SMILES string of the molecule is O=C(c1cccc(Br)c1F)C1CC2CCC1O2. The average molecular weight is 299 g/mol. The summed E-state index contributed by atoms with van der Waals surface area (Å²) in [7, 11) is 0. The zero-order valence-corrected chi connectivity index (χ0v) is 10.7. The van der Waals surface area contributed by atoms with Gasteiger partial charge in [-0.1, -0.05) is 6.07 Å². The number of fused-ring (bicyclic) bond motifs is 2. The van der Waals surface area contributed by atoms with E-state index in [1.54, 1.807) is 18.2 Å². The molecule has 90 valence electrons. The van der Waals surface area contributed by atoms with Crippen molar-refractivity contribution in [1.82, 2.24) is 0 Å². The minimum Gasteiger partial charge on any atom is -0.374 e. The number of Topliss-reactive ketones (excluding diaryl/α,β-unsaturated/α-hetero) is 1. The average Bonchev–Trinajstić information content (AvgIpc) is 2.94. The van der Waals surface area contributed by atoms with Crippen molar-refractivity contribution in [2.45, 2.75) is 31.5 Å².